The molecule has 1 fully saturated rings. The van der Waals surface area contributed by atoms with Crippen LogP contribution in [0.4, 0.5) is 5.69 Å². The fourth-order valence-electron chi connectivity index (χ4n) is 1.57. The molecule has 16 heavy (non-hydrogen) atoms. The molecule has 1 unspecified atom stereocenters. The van der Waals surface area contributed by atoms with Gasteiger partial charge in [0, 0.05) is 18.7 Å². The van der Waals surface area contributed by atoms with E-state index in [0.29, 0.717) is 24.8 Å². The molecule has 88 valence electrons. The zero-order chi connectivity index (χ0) is 11.4. The Kier molecular flexibility index (Phi) is 3.40. The molecule has 1 aliphatic heterocycles. The van der Waals surface area contributed by atoms with Crippen molar-refractivity contribution in [3.63, 3.8) is 0 Å². The molecule has 1 aromatic heterocycles. The first kappa shape index (κ1) is 10.9. The molecule has 2 N–H and O–H groups in total. The lowest BCUT2D eigenvalue weighted by Crippen LogP contribution is -2.18. The molecule has 0 spiro atoms. The fourth-order valence-corrected chi connectivity index (χ4v) is 1.57. The summed E-state index contributed by atoms with van der Waals surface area (Å²) in [4.78, 5) is 11.4. The lowest BCUT2D eigenvalue weighted by molar-refractivity contribution is -0.145. The van der Waals surface area contributed by atoms with Crippen molar-refractivity contribution in [3.05, 3.63) is 12.4 Å². The Morgan fingerprint density at radius 3 is 3.25 bits per heavy atom. The highest BCUT2D eigenvalue weighted by atomic mass is 16.5. The van der Waals surface area contributed by atoms with Crippen molar-refractivity contribution in [2.75, 3.05) is 25.6 Å². The van der Waals surface area contributed by atoms with Crippen molar-refractivity contribution < 1.29 is 14.3 Å². The Labute approximate surface area is 93.3 Å². The van der Waals surface area contributed by atoms with Gasteiger partial charge in [0.05, 0.1) is 25.1 Å². The van der Waals surface area contributed by atoms with Gasteiger partial charge >= 0.3 is 5.97 Å². The number of aromatic nitrogens is 2. The van der Waals surface area contributed by atoms with E-state index in [4.69, 9.17) is 15.2 Å². The third-order valence-electron chi connectivity index (χ3n) is 2.45. The van der Waals surface area contributed by atoms with Crippen LogP contribution in [0.25, 0.3) is 0 Å². The Hall–Kier alpha value is -1.56. The summed E-state index contributed by atoms with van der Waals surface area (Å²) in [5, 5.41) is 3.90. The minimum Gasteiger partial charge on any atom is -0.464 e. The third-order valence-corrected chi connectivity index (χ3v) is 2.45. The number of nitrogens with two attached hydrogens (primary N) is 1. The summed E-state index contributed by atoms with van der Waals surface area (Å²) in [5.74, 6) is 0.0432. The van der Waals surface area contributed by atoms with Crippen molar-refractivity contribution in [2.45, 2.75) is 13.0 Å². The van der Waals surface area contributed by atoms with E-state index in [1.165, 1.54) is 10.9 Å². The number of carbonyl (C=O) groups excluding carboxylic acids is 1. The minimum absolute atomic E-state index is 0.102. The Bertz CT molecular complexity index is 358. The Morgan fingerprint density at radius 1 is 1.75 bits per heavy atom. The lowest BCUT2D eigenvalue weighted by atomic mass is 10.1. The van der Waals surface area contributed by atoms with Crippen LogP contribution in [0.2, 0.25) is 0 Å². The van der Waals surface area contributed by atoms with E-state index in [1.807, 2.05) is 0 Å². The highest BCUT2D eigenvalue weighted by Crippen LogP contribution is 2.12. The van der Waals surface area contributed by atoms with Crippen LogP contribution in [-0.4, -0.2) is 35.6 Å². The highest BCUT2D eigenvalue weighted by Gasteiger charge is 2.17. The molecule has 1 aliphatic rings. The van der Waals surface area contributed by atoms with Crippen LogP contribution in [0.5, 0.6) is 0 Å². The quantitative estimate of drug-likeness (QED) is 0.732. The van der Waals surface area contributed by atoms with Crippen LogP contribution in [-0.2, 0) is 20.8 Å². The topological polar surface area (TPSA) is 79.4 Å². The zero-order valence-electron chi connectivity index (χ0n) is 8.96. The van der Waals surface area contributed by atoms with E-state index in [1.54, 1.807) is 6.20 Å². The summed E-state index contributed by atoms with van der Waals surface area (Å²) in [6.45, 7) is 1.97. The molecule has 0 bridgehead atoms. The molecule has 0 aliphatic carbocycles. The largest absolute Gasteiger partial charge is 0.464 e. The monoisotopic (exact) mass is 225 g/mol. The van der Waals surface area contributed by atoms with Crippen LogP contribution in [0.3, 0.4) is 0 Å². The summed E-state index contributed by atoms with van der Waals surface area (Å²) < 4.78 is 11.8. The predicted octanol–water partition coefficient (Wildman–Crippen LogP) is 0.0450. The molecule has 0 radical (unpaired) electrons. The molecule has 2 rings (SSSR count). The van der Waals surface area contributed by atoms with Gasteiger partial charge in [0.2, 0.25) is 0 Å². The number of esters is 1. The van der Waals surface area contributed by atoms with Gasteiger partial charge in [0.15, 0.2) is 0 Å². The van der Waals surface area contributed by atoms with E-state index in [-0.39, 0.29) is 12.5 Å². The van der Waals surface area contributed by atoms with Gasteiger partial charge < -0.3 is 15.2 Å². The van der Waals surface area contributed by atoms with E-state index in [2.05, 4.69) is 5.10 Å². The molecule has 6 nitrogen and oxygen atoms in total. The van der Waals surface area contributed by atoms with Crippen LogP contribution in [0.1, 0.15) is 6.42 Å². The second-order valence-electron chi connectivity index (χ2n) is 3.88. The highest BCUT2D eigenvalue weighted by molar-refractivity contribution is 5.69. The van der Waals surface area contributed by atoms with Crippen LogP contribution < -0.4 is 5.73 Å². The number of carbonyl (C=O) groups is 1. The summed E-state index contributed by atoms with van der Waals surface area (Å²) in [6.07, 6.45) is 4.06. The number of rotatable bonds is 4. The predicted molar refractivity (Wildman–Crippen MR) is 56.5 cm³/mol. The normalized spacial score (nSPS) is 19.9. The number of hydrogen-bond acceptors (Lipinski definition) is 5. The summed E-state index contributed by atoms with van der Waals surface area (Å²) in [5.41, 5.74) is 6.01. The maximum Gasteiger partial charge on any atom is 0.327 e. The second kappa shape index (κ2) is 4.98. The SMILES string of the molecule is Nc1cnn(CC(=O)OCC2CCOC2)c1. The first-order valence-corrected chi connectivity index (χ1v) is 5.25. The first-order chi connectivity index (χ1) is 7.74. The van der Waals surface area contributed by atoms with E-state index in [0.717, 1.165) is 13.0 Å². The standard InChI is InChI=1S/C10H15N3O3/c11-9-3-12-13(4-9)5-10(14)16-7-8-1-2-15-6-8/h3-4,8H,1-2,5-7,11H2. The number of ether oxygens (including phenoxy) is 2. The van der Waals surface area contributed by atoms with Gasteiger partial charge in [-0.05, 0) is 6.42 Å². The fraction of sp³-hybridized carbons (Fsp3) is 0.600. The molecular formula is C10H15N3O3. The van der Waals surface area contributed by atoms with Crippen molar-refractivity contribution in [1.82, 2.24) is 9.78 Å². The lowest BCUT2D eigenvalue weighted by Gasteiger charge is -2.08. The summed E-state index contributed by atoms with van der Waals surface area (Å²) >= 11 is 0. The van der Waals surface area contributed by atoms with Crippen molar-refractivity contribution in [3.8, 4) is 0 Å². The maximum atomic E-state index is 11.4. The van der Waals surface area contributed by atoms with Crippen LogP contribution >= 0.6 is 0 Å². The summed E-state index contributed by atoms with van der Waals surface area (Å²) in [6, 6.07) is 0. The van der Waals surface area contributed by atoms with Gasteiger partial charge in [0.1, 0.15) is 6.54 Å². The van der Waals surface area contributed by atoms with Crippen molar-refractivity contribution >= 4 is 11.7 Å². The molecule has 0 amide bonds. The Balaban J connectivity index is 1.71. The van der Waals surface area contributed by atoms with Gasteiger partial charge in [-0.3, -0.25) is 9.48 Å². The molecule has 6 heteroatoms. The van der Waals surface area contributed by atoms with E-state index in [9.17, 15) is 4.79 Å². The van der Waals surface area contributed by atoms with Gasteiger partial charge in [-0.15, -0.1) is 0 Å². The average molecular weight is 225 g/mol. The maximum absolute atomic E-state index is 11.4. The second-order valence-corrected chi connectivity index (χ2v) is 3.88. The molecule has 1 atom stereocenters. The third kappa shape index (κ3) is 2.96. The smallest absolute Gasteiger partial charge is 0.327 e. The number of nitrogens with zero attached hydrogens (tertiary/aromatic N) is 2. The zero-order valence-corrected chi connectivity index (χ0v) is 8.96. The average Bonchev–Trinajstić information content (AvgIpc) is 2.87. The molecular weight excluding hydrogens is 210 g/mol. The van der Waals surface area contributed by atoms with Crippen LogP contribution in [0.15, 0.2) is 12.4 Å². The number of nitrogen functional groups attached to an aromatic ring is 1. The molecule has 1 aromatic rings. The van der Waals surface area contributed by atoms with Gasteiger partial charge in [-0.1, -0.05) is 0 Å². The van der Waals surface area contributed by atoms with Gasteiger partial charge in [-0.2, -0.15) is 5.10 Å². The van der Waals surface area contributed by atoms with Gasteiger partial charge in [0.25, 0.3) is 0 Å². The Morgan fingerprint density at radius 2 is 2.62 bits per heavy atom. The molecule has 2 heterocycles. The molecule has 0 aromatic carbocycles. The van der Waals surface area contributed by atoms with Gasteiger partial charge in [-0.25, -0.2) is 0 Å². The van der Waals surface area contributed by atoms with Crippen molar-refractivity contribution in [1.29, 1.82) is 0 Å². The van der Waals surface area contributed by atoms with Crippen molar-refractivity contribution in [2.24, 2.45) is 5.92 Å². The molecule has 0 saturated carbocycles. The van der Waals surface area contributed by atoms with E-state index < -0.39 is 0 Å². The van der Waals surface area contributed by atoms with E-state index >= 15 is 0 Å². The minimum atomic E-state index is -0.296. The molecule has 1 saturated heterocycles. The van der Waals surface area contributed by atoms with Crippen LogP contribution in [0, 0.1) is 5.92 Å². The first-order valence-electron chi connectivity index (χ1n) is 5.25. The summed E-state index contributed by atoms with van der Waals surface area (Å²) in [7, 11) is 0. The number of anilines is 1. The number of hydrogen-bond donors (Lipinski definition) is 1.